The zero-order valence-corrected chi connectivity index (χ0v) is 15.7. The molecule has 26 heavy (non-hydrogen) atoms. The van der Waals surface area contributed by atoms with Gasteiger partial charge in [-0.3, -0.25) is 9.78 Å². The number of aromatic nitrogens is 1. The second-order valence-electron chi connectivity index (χ2n) is 7.51. The van der Waals surface area contributed by atoms with E-state index >= 15 is 0 Å². The summed E-state index contributed by atoms with van der Waals surface area (Å²) >= 11 is 6.15. The highest BCUT2D eigenvalue weighted by Crippen LogP contribution is 2.38. The fourth-order valence-corrected chi connectivity index (χ4v) is 4.50. The first-order valence-electron chi connectivity index (χ1n) is 9.44. The van der Waals surface area contributed by atoms with Crippen molar-refractivity contribution in [1.82, 2.24) is 10.3 Å². The number of nitrogens with two attached hydrogens (primary N) is 1. The normalized spacial score (nSPS) is 25.8. The van der Waals surface area contributed by atoms with E-state index in [-0.39, 0.29) is 5.91 Å². The van der Waals surface area contributed by atoms with Gasteiger partial charge in [-0.05, 0) is 63.5 Å². The van der Waals surface area contributed by atoms with Gasteiger partial charge >= 0.3 is 0 Å². The van der Waals surface area contributed by atoms with E-state index in [0.29, 0.717) is 42.9 Å². The first-order valence-corrected chi connectivity index (χ1v) is 9.81. The molecule has 1 saturated carbocycles. The van der Waals surface area contributed by atoms with Crippen LogP contribution in [0.2, 0.25) is 5.02 Å². The first-order chi connectivity index (χ1) is 12.5. The van der Waals surface area contributed by atoms with E-state index in [4.69, 9.17) is 22.1 Å². The molecule has 2 fully saturated rings. The van der Waals surface area contributed by atoms with Gasteiger partial charge in [-0.15, -0.1) is 0 Å². The summed E-state index contributed by atoms with van der Waals surface area (Å²) in [4.78, 5) is 16.1. The van der Waals surface area contributed by atoms with Crippen molar-refractivity contribution in [3.63, 3.8) is 0 Å². The molecule has 0 bridgehead atoms. The van der Waals surface area contributed by atoms with Crippen molar-refractivity contribution in [2.75, 3.05) is 19.8 Å². The first kappa shape index (κ1) is 19.5. The van der Waals surface area contributed by atoms with Gasteiger partial charge in [0.25, 0.3) is 0 Å². The van der Waals surface area contributed by atoms with E-state index in [0.717, 1.165) is 44.3 Å². The molecule has 0 radical (unpaired) electrons. The van der Waals surface area contributed by atoms with Crippen LogP contribution >= 0.6 is 11.6 Å². The van der Waals surface area contributed by atoms with Crippen LogP contribution in [0.5, 0.6) is 0 Å². The highest BCUT2D eigenvalue weighted by atomic mass is 35.5. The molecule has 1 aliphatic heterocycles. The minimum atomic E-state index is -0.610. The van der Waals surface area contributed by atoms with Gasteiger partial charge in [-0.2, -0.15) is 0 Å². The summed E-state index contributed by atoms with van der Waals surface area (Å²) in [6, 6.07) is 1.34. The molecule has 0 spiro atoms. The third kappa shape index (κ3) is 4.53. The predicted molar refractivity (Wildman–Crippen MR) is 98.5 cm³/mol. The Kier molecular flexibility index (Phi) is 6.48. The van der Waals surface area contributed by atoms with Crippen molar-refractivity contribution in [2.24, 2.45) is 11.7 Å². The number of carbonyl (C=O) groups excluding carboxylic acids is 1. The van der Waals surface area contributed by atoms with Crippen LogP contribution in [-0.4, -0.2) is 36.2 Å². The Balaban J connectivity index is 1.46. The van der Waals surface area contributed by atoms with Gasteiger partial charge in [-0.25, -0.2) is 4.39 Å². The molecule has 0 atom stereocenters. The third-order valence-electron chi connectivity index (χ3n) is 5.90. The van der Waals surface area contributed by atoms with Crippen molar-refractivity contribution >= 4 is 17.5 Å². The average Bonchev–Trinajstić information content (AvgIpc) is 2.63. The van der Waals surface area contributed by atoms with Gasteiger partial charge < -0.3 is 15.8 Å². The zero-order chi connectivity index (χ0) is 18.6. The summed E-state index contributed by atoms with van der Waals surface area (Å²) in [6.45, 7) is 1.94. The van der Waals surface area contributed by atoms with Crippen LogP contribution in [0.4, 0.5) is 4.39 Å². The molecule has 0 unspecified atom stereocenters. The van der Waals surface area contributed by atoms with Gasteiger partial charge in [0.2, 0.25) is 5.91 Å². The van der Waals surface area contributed by atoms with Gasteiger partial charge in [0, 0.05) is 19.1 Å². The van der Waals surface area contributed by atoms with E-state index in [1.54, 1.807) is 0 Å². The molecule has 3 N–H and O–H groups in total. The molecule has 1 amide bonds. The molecule has 2 aliphatic rings. The molecule has 1 aromatic rings. The summed E-state index contributed by atoms with van der Waals surface area (Å²) in [5, 5.41) is 3.84. The molecule has 2 heterocycles. The molecule has 5 nitrogen and oxygen atoms in total. The minimum Gasteiger partial charge on any atom is -0.381 e. The summed E-state index contributed by atoms with van der Waals surface area (Å²) in [5.74, 6) is 0.249. The topological polar surface area (TPSA) is 77.2 Å². The van der Waals surface area contributed by atoms with E-state index in [1.807, 2.05) is 0 Å². The van der Waals surface area contributed by atoms with Crippen LogP contribution < -0.4 is 11.1 Å². The van der Waals surface area contributed by atoms with Crippen LogP contribution in [0.15, 0.2) is 12.3 Å². The Morgan fingerprint density at radius 3 is 2.65 bits per heavy atom. The molecule has 0 aromatic carbocycles. The molecule has 1 saturated heterocycles. The Bertz CT molecular complexity index is 629. The number of rotatable bonds is 6. The monoisotopic (exact) mass is 383 g/mol. The largest absolute Gasteiger partial charge is 0.381 e. The SMILES string of the molecule is NC(=O)C1(NCCC2CCC(c3ncc(F)cc3Cl)CC2)CCOCC1. The molecular formula is C19H27ClFN3O2. The van der Waals surface area contributed by atoms with Crippen LogP contribution in [0.3, 0.4) is 0 Å². The van der Waals surface area contributed by atoms with Crippen molar-refractivity contribution in [1.29, 1.82) is 0 Å². The zero-order valence-electron chi connectivity index (χ0n) is 15.0. The molecule has 1 aliphatic carbocycles. The summed E-state index contributed by atoms with van der Waals surface area (Å²) in [7, 11) is 0. The minimum absolute atomic E-state index is 0.276. The van der Waals surface area contributed by atoms with Crippen LogP contribution in [0, 0.1) is 11.7 Å². The van der Waals surface area contributed by atoms with Gasteiger partial charge in [-0.1, -0.05) is 11.6 Å². The lowest BCUT2D eigenvalue weighted by molar-refractivity contribution is -0.128. The molecule has 144 valence electrons. The van der Waals surface area contributed by atoms with E-state index in [2.05, 4.69) is 10.3 Å². The lowest BCUT2D eigenvalue weighted by Crippen LogP contribution is -2.58. The lowest BCUT2D eigenvalue weighted by atomic mass is 9.79. The van der Waals surface area contributed by atoms with Gasteiger partial charge in [0.1, 0.15) is 11.4 Å². The Labute approximate surface area is 158 Å². The number of nitrogens with zero attached hydrogens (tertiary/aromatic N) is 1. The number of carbonyl (C=O) groups is 1. The fourth-order valence-electron chi connectivity index (χ4n) is 4.20. The maximum absolute atomic E-state index is 13.2. The second-order valence-corrected chi connectivity index (χ2v) is 7.92. The smallest absolute Gasteiger partial charge is 0.237 e. The number of halogens is 2. The van der Waals surface area contributed by atoms with Crippen LogP contribution in [-0.2, 0) is 9.53 Å². The predicted octanol–water partition coefficient (Wildman–Crippen LogP) is 3.16. The number of hydrogen-bond acceptors (Lipinski definition) is 4. The summed E-state index contributed by atoms with van der Waals surface area (Å²) < 4.78 is 18.5. The Morgan fingerprint density at radius 2 is 2.04 bits per heavy atom. The Morgan fingerprint density at radius 1 is 1.35 bits per heavy atom. The average molecular weight is 384 g/mol. The molecule has 7 heteroatoms. The van der Waals surface area contributed by atoms with Gasteiger partial charge in [0.15, 0.2) is 0 Å². The lowest BCUT2D eigenvalue weighted by Gasteiger charge is -2.36. The second kappa shape index (κ2) is 8.63. The van der Waals surface area contributed by atoms with E-state index < -0.39 is 11.4 Å². The van der Waals surface area contributed by atoms with E-state index in [1.165, 1.54) is 12.3 Å². The fraction of sp³-hybridized carbons (Fsp3) is 0.684. The number of amides is 1. The number of pyridine rings is 1. The molecule has 1 aromatic heterocycles. The van der Waals surface area contributed by atoms with Crippen LogP contribution in [0.1, 0.15) is 56.6 Å². The highest BCUT2D eigenvalue weighted by Gasteiger charge is 2.38. The highest BCUT2D eigenvalue weighted by molar-refractivity contribution is 6.31. The standard InChI is InChI=1S/C19H27ClFN3O2/c20-16-11-15(21)12-23-17(16)14-3-1-13(2-4-14)5-8-24-19(18(22)25)6-9-26-10-7-19/h11-14,24H,1-10H2,(H2,22,25). The summed E-state index contributed by atoms with van der Waals surface area (Å²) in [6.07, 6.45) is 7.76. The van der Waals surface area contributed by atoms with Crippen molar-refractivity contribution < 1.29 is 13.9 Å². The number of primary amides is 1. The Hall–Kier alpha value is -1.24. The van der Waals surface area contributed by atoms with Crippen molar-refractivity contribution in [3.05, 3.63) is 28.8 Å². The number of ether oxygens (including phenoxy) is 1. The number of nitrogens with one attached hydrogen (secondary N) is 1. The van der Waals surface area contributed by atoms with E-state index in [9.17, 15) is 9.18 Å². The third-order valence-corrected chi connectivity index (χ3v) is 6.21. The maximum atomic E-state index is 13.2. The van der Waals surface area contributed by atoms with Gasteiger partial charge in [0.05, 0.1) is 16.9 Å². The molecular weight excluding hydrogens is 357 g/mol. The van der Waals surface area contributed by atoms with Crippen molar-refractivity contribution in [3.8, 4) is 0 Å². The molecule has 3 rings (SSSR count). The quantitative estimate of drug-likeness (QED) is 0.791. The van der Waals surface area contributed by atoms with Crippen LogP contribution in [0.25, 0.3) is 0 Å². The van der Waals surface area contributed by atoms with Crippen molar-refractivity contribution in [2.45, 2.75) is 56.4 Å². The number of hydrogen-bond donors (Lipinski definition) is 2. The summed E-state index contributed by atoms with van der Waals surface area (Å²) in [5.41, 5.74) is 5.83. The maximum Gasteiger partial charge on any atom is 0.237 e.